The predicted octanol–water partition coefficient (Wildman–Crippen LogP) is 5.12. The Morgan fingerprint density at radius 2 is 1.90 bits per heavy atom. The molecule has 2 N–H and O–H groups in total. The van der Waals surface area contributed by atoms with Gasteiger partial charge in [-0.25, -0.2) is 9.97 Å². The number of pyridine rings is 2. The van der Waals surface area contributed by atoms with Crippen molar-refractivity contribution >= 4 is 45.7 Å². The number of nitrogens with zero attached hydrogens (tertiary/aromatic N) is 5. The number of aromatic nitrogens is 3. The van der Waals surface area contributed by atoms with Gasteiger partial charge in [0.1, 0.15) is 27.6 Å². The molecule has 0 saturated heterocycles. The topological polar surface area (TPSA) is 81.8 Å². The first kappa shape index (κ1) is 21.8. The van der Waals surface area contributed by atoms with Crippen molar-refractivity contribution in [2.24, 2.45) is 7.05 Å². The third-order valence-electron chi connectivity index (χ3n) is 4.64. The molecule has 0 aliphatic heterocycles. The van der Waals surface area contributed by atoms with Crippen LogP contribution in [0.1, 0.15) is 30.9 Å². The largest absolute Gasteiger partial charge is 0.340 e. The van der Waals surface area contributed by atoms with E-state index in [0.717, 1.165) is 11.5 Å². The zero-order valence-corrected chi connectivity index (χ0v) is 19.0. The number of nitrogens with one attached hydrogen (secondary N) is 2. The van der Waals surface area contributed by atoms with Crippen LogP contribution in [0.25, 0.3) is 11.0 Å². The summed E-state index contributed by atoms with van der Waals surface area (Å²) in [6.45, 7) is 6.43. The van der Waals surface area contributed by atoms with Gasteiger partial charge in [-0.05, 0) is 42.2 Å². The Morgan fingerprint density at radius 3 is 2.50 bits per heavy atom. The fourth-order valence-electron chi connectivity index (χ4n) is 3.33. The van der Waals surface area contributed by atoms with Gasteiger partial charge in [-0.1, -0.05) is 37.0 Å². The van der Waals surface area contributed by atoms with E-state index in [1.165, 1.54) is 22.6 Å². The molecule has 0 fully saturated rings. The van der Waals surface area contributed by atoms with Crippen LogP contribution in [0.4, 0.5) is 11.5 Å². The van der Waals surface area contributed by atoms with Crippen LogP contribution in [0.2, 0.25) is 10.3 Å². The third kappa shape index (κ3) is 4.61. The number of nitriles is 1. The Kier molecular flexibility index (Phi) is 6.40. The number of aryl methyl sites for hydroxylation is 2. The van der Waals surface area contributed by atoms with Gasteiger partial charge in [0.05, 0.1) is 12.1 Å². The molecular weight excluding hydrogens is 421 g/mol. The Balaban J connectivity index is 1.94. The summed E-state index contributed by atoms with van der Waals surface area (Å²) in [7, 11) is 3.83. The minimum absolute atomic E-state index is 0.252. The Labute approximate surface area is 185 Å². The zero-order chi connectivity index (χ0) is 22.0. The normalized spacial score (nSPS) is 11.6. The molecule has 156 valence electrons. The highest BCUT2D eigenvalue weighted by Crippen LogP contribution is 2.31. The molecule has 0 bridgehead atoms. The van der Waals surface area contributed by atoms with E-state index in [1.54, 1.807) is 17.1 Å². The Bertz CT molecular complexity index is 1140. The molecular formula is C21H23Cl2N7. The average molecular weight is 444 g/mol. The number of allylic oxidation sites excluding steroid dienone is 1. The lowest BCUT2D eigenvalue weighted by atomic mass is 9.99. The highest BCUT2D eigenvalue weighted by molar-refractivity contribution is 6.32. The molecule has 0 aliphatic rings. The second-order valence-corrected chi connectivity index (χ2v) is 8.10. The second kappa shape index (κ2) is 8.82. The van der Waals surface area contributed by atoms with E-state index in [1.807, 2.05) is 24.7 Å². The zero-order valence-electron chi connectivity index (χ0n) is 17.5. The van der Waals surface area contributed by atoms with Gasteiger partial charge in [0.15, 0.2) is 0 Å². The summed E-state index contributed by atoms with van der Waals surface area (Å²) in [5.74, 6) is 1.50. The van der Waals surface area contributed by atoms with E-state index in [-0.39, 0.29) is 10.3 Å². The summed E-state index contributed by atoms with van der Waals surface area (Å²) >= 11 is 11.9. The van der Waals surface area contributed by atoms with Gasteiger partial charge < -0.3 is 9.88 Å². The number of rotatable bonds is 6. The van der Waals surface area contributed by atoms with E-state index in [2.05, 4.69) is 48.8 Å². The van der Waals surface area contributed by atoms with Gasteiger partial charge >= 0.3 is 0 Å². The van der Waals surface area contributed by atoms with E-state index < -0.39 is 0 Å². The minimum atomic E-state index is 0.252. The molecule has 3 heterocycles. The first-order valence-corrected chi connectivity index (χ1v) is 10.1. The van der Waals surface area contributed by atoms with Gasteiger partial charge in [0.25, 0.3) is 0 Å². The summed E-state index contributed by atoms with van der Waals surface area (Å²) in [6, 6.07) is 7.33. The molecule has 0 aliphatic carbocycles. The van der Waals surface area contributed by atoms with Crippen molar-refractivity contribution in [2.45, 2.75) is 26.7 Å². The molecule has 0 amide bonds. The van der Waals surface area contributed by atoms with E-state index in [0.29, 0.717) is 17.4 Å². The van der Waals surface area contributed by atoms with Crippen LogP contribution in [0.5, 0.6) is 0 Å². The number of hydrazine groups is 1. The van der Waals surface area contributed by atoms with E-state index in [4.69, 9.17) is 28.2 Å². The predicted molar refractivity (Wildman–Crippen MR) is 123 cm³/mol. The number of halogens is 2. The molecule has 30 heavy (non-hydrogen) atoms. The van der Waals surface area contributed by atoms with Crippen molar-refractivity contribution in [3.8, 4) is 6.07 Å². The van der Waals surface area contributed by atoms with Crippen LogP contribution < -0.4 is 15.8 Å². The van der Waals surface area contributed by atoms with E-state index >= 15 is 0 Å². The van der Waals surface area contributed by atoms with Crippen LogP contribution in [0, 0.1) is 18.3 Å². The fraction of sp³-hybridized carbons (Fsp3) is 0.286. The maximum Gasteiger partial charge on any atom is 0.149 e. The maximum absolute atomic E-state index is 9.20. The lowest BCUT2D eigenvalue weighted by Crippen LogP contribution is -2.37. The molecule has 9 heteroatoms. The molecule has 3 rings (SSSR count). The van der Waals surface area contributed by atoms with Gasteiger partial charge in [-0.2, -0.15) is 5.26 Å². The maximum atomic E-state index is 9.20. The van der Waals surface area contributed by atoms with Gasteiger partial charge in [-0.15, -0.1) is 0 Å². The average Bonchev–Trinajstić information content (AvgIpc) is 2.94. The fourth-order valence-corrected chi connectivity index (χ4v) is 3.79. The SMILES string of the molecule is Cc1cn(C)c2nc(N(C)N/C(=C/C#N)Nc3cc(Cl)nc(Cl)c3)cc(C(C)C)c12. The monoisotopic (exact) mass is 443 g/mol. The van der Waals surface area contributed by atoms with Crippen LogP contribution >= 0.6 is 23.2 Å². The molecule has 0 atom stereocenters. The highest BCUT2D eigenvalue weighted by Gasteiger charge is 2.16. The molecule has 0 aromatic carbocycles. The van der Waals surface area contributed by atoms with Gasteiger partial charge in [-0.3, -0.25) is 10.4 Å². The standard InChI is InChI=1S/C21H23Cl2N7/c1-12(2)15-10-19(27-21-20(15)13(3)11-29(21)4)30(5)28-18(6-7-24)25-14-8-16(22)26-17(23)9-14/h6,8-12,28H,1-5H3,(H,25,26)/b18-6+. The smallest absolute Gasteiger partial charge is 0.149 e. The first-order chi connectivity index (χ1) is 14.2. The molecule has 0 saturated carbocycles. The summed E-state index contributed by atoms with van der Waals surface area (Å²) in [6.07, 6.45) is 3.44. The number of hydrogen-bond acceptors (Lipinski definition) is 6. The van der Waals surface area contributed by atoms with Crippen LogP contribution in [-0.2, 0) is 7.05 Å². The van der Waals surface area contributed by atoms with Crippen molar-refractivity contribution < 1.29 is 0 Å². The van der Waals surface area contributed by atoms with Crippen LogP contribution in [0.3, 0.4) is 0 Å². The lowest BCUT2D eigenvalue weighted by Gasteiger charge is -2.24. The lowest BCUT2D eigenvalue weighted by molar-refractivity contribution is 0.773. The summed E-state index contributed by atoms with van der Waals surface area (Å²) in [4.78, 5) is 8.75. The highest BCUT2D eigenvalue weighted by atomic mass is 35.5. The number of anilines is 2. The molecule has 3 aromatic heterocycles. The van der Waals surface area contributed by atoms with E-state index in [9.17, 15) is 5.26 Å². The van der Waals surface area contributed by atoms with Crippen molar-refractivity contribution in [1.29, 1.82) is 5.26 Å². The summed E-state index contributed by atoms with van der Waals surface area (Å²) < 4.78 is 2.03. The van der Waals surface area contributed by atoms with Gasteiger partial charge in [0, 0.05) is 31.4 Å². The number of hydrogen-bond donors (Lipinski definition) is 2. The minimum Gasteiger partial charge on any atom is -0.340 e. The molecule has 0 unspecified atom stereocenters. The molecule has 7 nitrogen and oxygen atoms in total. The quantitative estimate of drug-likeness (QED) is 0.312. The summed E-state index contributed by atoms with van der Waals surface area (Å²) in [5, 5.41) is 15.7. The Hall–Kier alpha value is -2.95. The van der Waals surface area contributed by atoms with Crippen LogP contribution in [0.15, 0.2) is 36.3 Å². The summed E-state index contributed by atoms with van der Waals surface area (Å²) in [5.41, 5.74) is 7.09. The van der Waals surface area contributed by atoms with Crippen molar-refractivity contribution in [3.63, 3.8) is 0 Å². The van der Waals surface area contributed by atoms with Crippen molar-refractivity contribution in [3.05, 3.63) is 57.7 Å². The molecule has 3 aromatic rings. The van der Waals surface area contributed by atoms with Crippen molar-refractivity contribution in [2.75, 3.05) is 17.4 Å². The number of fused-ring (bicyclic) bond motifs is 1. The first-order valence-electron chi connectivity index (χ1n) is 9.36. The van der Waals surface area contributed by atoms with Gasteiger partial charge in [0.2, 0.25) is 0 Å². The third-order valence-corrected chi connectivity index (χ3v) is 5.02. The second-order valence-electron chi connectivity index (χ2n) is 7.33. The van der Waals surface area contributed by atoms with Crippen molar-refractivity contribution in [1.82, 2.24) is 20.0 Å². The molecule has 0 radical (unpaired) electrons. The Morgan fingerprint density at radius 1 is 1.23 bits per heavy atom. The molecule has 0 spiro atoms. The van der Waals surface area contributed by atoms with Crippen LogP contribution in [-0.4, -0.2) is 21.6 Å².